The standard InChI is InChI=1S/C18H18N2O5/c1-3-24-17(22)13-7-9-14(10-8-13)19-18(23)20-15-5-4-6-16(11-15)25-12(2)21/h4-11H,3H2,1-2H3,(H2,19,20,23). The van der Waals surface area contributed by atoms with Gasteiger partial charge < -0.3 is 20.1 Å². The lowest BCUT2D eigenvalue weighted by atomic mass is 10.2. The van der Waals surface area contributed by atoms with Crippen molar-refractivity contribution in [1.82, 2.24) is 0 Å². The summed E-state index contributed by atoms with van der Waals surface area (Å²) in [5, 5.41) is 5.27. The van der Waals surface area contributed by atoms with Gasteiger partial charge in [0.1, 0.15) is 5.75 Å². The van der Waals surface area contributed by atoms with Gasteiger partial charge in [-0.25, -0.2) is 9.59 Å². The van der Waals surface area contributed by atoms with Gasteiger partial charge in [0.2, 0.25) is 0 Å². The van der Waals surface area contributed by atoms with E-state index in [0.29, 0.717) is 29.3 Å². The van der Waals surface area contributed by atoms with Gasteiger partial charge in [0.05, 0.1) is 12.2 Å². The Labute approximate surface area is 144 Å². The quantitative estimate of drug-likeness (QED) is 0.641. The zero-order valence-electron chi connectivity index (χ0n) is 13.9. The van der Waals surface area contributed by atoms with Crippen molar-refractivity contribution in [3.05, 3.63) is 54.1 Å². The number of rotatable bonds is 5. The van der Waals surface area contributed by atoms with Crippen molar-refractivity contribution in [1.29, 1.82) is 0 Å². The summed E-state index contributed by atoms with van der Waals surface area (Å²) in [5.74, 6) is -0.520. The number of urea groups is 1. The van der Waals surface area contributed by atoms with Gasteiger partial charge in [-0.3, -0.25) is 4.79 Å². The number of hydrogen-bond acceptors (Lipinski definition) is 5. The summed E-state index contributed by atoms with van der Waals surface area (Å²) in [6.07, 6.45) is 0. The molecule has 0 aliphatic carbocycles. The van der Waals surface area contributed by atoms with Crippen molar-refractivity contribution in [3.63, 3.8) is 0 Å². The Morgan fingerprint density at radius 1 is 0.960 bits per heavy atom. The Bertz CT molecular complexity index is 771. The molecule has 2 aromatic rings. The second kappa shape index (κ2) is 8.49. The third-order valence-corrected chi connectivity index (χ3v) is 3.01. The lowest BCUT2D eigenvalue weighted by Gasteiger charge is -2.09. The number of nitrogens with one attached hydrogen (secondary N) is 2. The highest BCUT2D eigenvalue weighted by atomic mass is 16.5. The van der Waals surface area contributed by atoms with Crippen molar-refractivity contribution in [2.45, 2.75) is 13.8 Å². The number of ether oxygens (including phenoxy) is 2. The van der Waals surface area contributed by atoms with Crippen molar-refractivity contribution in [2.24, 2.45) is 0 Å². The molecule has 0 radical (unpaired) electrons. The van der Waals surface area contributed by atoms with E-state index in [1.807, 2.05) is 0 Å². The molecule has 0 saturated carbocycles. The molecule has 0 atom stereocenters. The average Bonchev–Trinajstić information content (AvgIpc) is 2.55. The predicted octanol–water partition coefficient (Wildman–Crippen LogP) is 3.43. The molecule has 0 saturated heterocycles. The van der Waals surface area contributed by atoms with Crippen LogP contribution in [0.4, 0.5) is 16.2 Å². The van der Waals surface area contributed by atoms with Crippen LogP contribution in [-0.2, 0) is 9.53 Å². The van der Waals surface area contributed by atoms with Crippen LogP contribution in [0.15, 0.2) is 48.5 Å². The first-order chi connectivity index (χ1) is 12.0. The molecule has 25 heavy (non-hydrogen) atoms. The molecule has 0 spiro atoms. The van der Waals surface area contributed by atoms with Gasteiger partial charge in [0, 0.05) is 24.4 Å². The number of esters is 2. The topological polar surface area (TPSA) is 93.7 Å². The normalized spacial score (nSPS) is 9.84. The molecule has 2 amide bonds. The van der Waals surface area contributed by atoms with Gasteiger partial charge in [-0.1, -0.05) is 6.07 Å². The monoisotopic (exact) mass is 342 g/mol. The first-order valence-electron chi connectivity index (χ1n) is 7.61. The molecular formula is C18H18N2O5. The fourth-order valence-electron chi connectivity index (χ4n) is 2.00. The Morgan fingerprint density at radius 3 is 2.28 bits per heavy atom. The molecule has 0 fully saturated rings. The van der Waals surface area contributed by atoms with E-state index in [4.69, 9.17) is 9.47 Å². The molecule has 0 heterocycles. The summed E-state index contributed by atoms with van der Waals surface area (Å²) >= 11 is 0. The Balaban J connectivity index is 1.96. The second-order valence-electron chi connectivity index (χ2n) is 5.00. The van der Waals surface area contributed by atoms with Crippen LogP contribution < -0.4 is 15.4 Å². The van der Waals surface area contributed by atoms with Crippen molar-refractivity contribution in [2.75, 3.05) is 17.2 Å². The summed E-state index contributed by atoms with van der Waals surface area (Å²) in [5.41, 5.74) is 1.39. The Kier molecular flexibility index (Phi) is 6.11. The van der Waals surface area contributed by atoms with E-state index < -0.39 is 18.0 Å². The molecule has 0 unspecified atom stereocenters. The first kappa shape index (κ1) is 18.0. The molecule has 2 rings (SSSR count). The van der Waals surface area contributed by atoms with Crippen LogP contribution in [-0.4, -0.2) is 24.6 Å². The Hall–Kier alpha value is -3.35. The van der Waals surface area contributed by atoms with Crippen LogP contribution in [0, 0.1) is 0 Å². The Morgan fingerprint density at radius 2 is 1.64 bits per heavy atom. The highest BCUT2D eigenvalue weighted by Crippen LogP contribution is 2.18. The summed E-state index contributed by atoms with van der Waals surface area (Å²) in [6, 6.07) is 12.3. The number of carbonyl (C=O) groups is 3. The lowest BCUT2D eigenvalue weighted by Crippen LogP contribution is -2.19. The van der Waals surface area contributed by atoms with Gasteiger partial charge in [0.15, 0.2) is 0 Å². The maximum atomic E-state index is 12.0. The summed E-state index contributed by atoms with van der Waals surface area (Å²) < 4.78 is 9.85. The van der Waals surface area contributed by atoms with Crippen LogP contribution in [0.5, 0.6) is 5.75 Å². The molecular weight excluding hydrogens is 324 g/mol. The number of anilines is 2. The third kappa shape index (κ3) is 5.65. The minimum absolute atomic E-state index is 0.299. The van der Waals surface area contributed by atoms with E-state index in [1.165, 1.54) is 13.0 Å². The molecule has 0 aliphatic heterocycles. The fraction of sp³-hybridized carbons (Fsp3) is 0.167. The van der Waals surface area contributed by atoms with E-state index in [9.17, 15) is 14.4 Å². The summed E-state index contributed by atoms with van der Waals surface area (Å²) in [7, 11) is 0. The van der Waals surface area contributed by atoms with Crippen LogP contribution in [0.1, 0.15) is 24.2 Å². The summed E-state index contributed by atoms with van der Waals surface area (Å²) in [6.45, 7) is 3.33. The number of benzene rings is 2. The minimum Gasteiger partial charge on any atom is -0.462 e. The van der Waals surface area contributed by atoms with E-state index >= 15 is 0 Å². The smallest absolute Gasteiger partial charge is 0.338 e. The minimum atomic E-state index is -0.469. The highest BCUT2D eigenvalue weighted by molar-refractivity contribution is 6.00. The number of hydrogen-bond donors (Lipinski definition) is 2. The molecule has 2 aromatic carbocycles. The highest BCUT2D eigenvalue weighted by Gasteiger charge is 2.08. The van der Waals surface area contributed by atoms with E-state index in [2.05, 4.69) is 10.6 Å². The molecule has 0 aliphatic rings. The third-order valence-electron chi connectivity index (χ3n) is 3.01. The number of amides is 2. The predicted molar refractivity (Wildman–Crippen MR) is 92.8 cm³/mol. The van der Waals surface area contributed by atoms with Crippen LogP contribution in [0.25, 0.3) is 0 Å². The first-order valence-corrected chi connectivity index (χ1v) is 7.61. The molecule has 7 nitrogen and oxygen atoms in total. The SMILES string of the molecule is CCOC(=O)c1ccc(NC(=O)Nc2cccc(OC(C)=O)c2)cc1. The maximum Gasteiger partial charge on any atom is 0.338 e. The van der Waals surface area contributed by atoms with Gasteiger partial charge in [-0.2, -0.15) is 0 Å². The zero-order chi connectivity index (χ0) is 18.2. The van der Waals surface area contributed by atoms with Crippen LogP contribution in [0.3, 0.4) is 0 Å². The zero-order valence-corrected chi connectivity index (χ0v) is 13.9. The van der Waals surface area contributed by atoms with Gasteiger partial charge >= 0.3 is 18.0 Å². The second-order valence-corrected chi connectivity index (χ2v) is 5.00. The van der Waals surface area contributed by atoms with E-state index in [-0.39, 0.29) is 0 Å². The summed E-state index contributed by atoms with van der Waals surface area (Å²) in [4.78, 5) is 34.5. The van der Waals surface area contributed by atoms with Crippen molar-refractivity contribution < 1.29 is 23.9 Å². The average molecular weight is 342 g/mol. The lowest BCUT2D eigenvalue weighted by molar-refractivity contribution is -0.131. The largest absolute Gasteiger partial charge is 0.462 e. The molecule has 2 N–H and O–H groups in total. The fourth-order valence-corrected chi connectivity index (χ4v) is 2.00. The van der Waals surface area contributed by atoms with Gasteiger partial charge in [-0.15, -0.1) is 0 Å². The molecule has 0 bridgehead atoms. The van der Waals surface area contributed by atoms with Crippen molar-refractivity contribution in [3.8, 4) is 5.75 Å². The molecule has 0 aromatic heterocycles. The number of carbonyl (C=O) groups excluding carboxylic acids is 3. The molecule has 7 heteroatoms. The molecule has 130 valence electrons. The van der Waals surface area contributed by atoms with Crippen molar-refractivity contribution >= 4 is 29.3 Å². The van der Waals surface area contributed by atoms with E-state index in [0.717, 1.165) is 0 Å². The van der Waals surface area contributed by atoms with Gasteiger partial charge in [0.25, 0.3) is 0 Å². The van der Waals surface area contributed by atoms with Gasteiger partial charge in [-0.05, 0) is 43.3 Å². The van der Waals surface area contributed by atoms with Crippen LogP contribution >= 0.6 is 0 Å². The van der Waals surface area contributed by atoms with E-state index in [1.54, 1.807) is 49.4 Å². The maximum absolute atomic E-state index is 12.0. The van der Waals surface area contributed by atoms with Crippen LogP contribution in [0.2, 0.25) is 0 Å².